The van der Waals surface area contributed by atoms with Gasteiger partial charge in [-0.3, -0.25) is 9.52 Å². The monoisotopic (exact) mass is 465 g/mol. The Kier molecular flexibility index (Phi) is 4.46. The van der Waals surface area contributed by atoms with Gasteiger partial charge >= 0.3 is 0 Å². The first-order chi connectivity index (χ1) is 15.2. The Balaban J connectivity index is 1.86. The van der Waals surface area contributed by atoms with E-state index in [0.29, 0.717) is 5.39 Å². The molecule has 0 spiro atoms. The van der Waals surface area contributed by atoms with Crippen molar-refractivity contribution in [2.45, 2.75) is 11.8 Å². The zero-order valence-electron chi connectivity index (χ0n) is 16.5. The smallest absolute Gasteiger partial charge is 0.262 e. The number of aromatic nitrogens is 3. The van der Waals surface area contributed by atoms with E-state index in [-0.39, 0.29) is 49.2 Å². The van der Waals surface area contributed by atoms with Crippen molar-refractivity contribution in [3.63, 3.8) is 0 Å². The van der Waals surface area contributed by atoms with Gasteiger partial charge in [-0.1, -0.05) is 42.0 Å². The van der Waals surface area contributed by atoms with Crippen LogP contribution in [0.5, 0.6) is 0 Å². The molecule has 3 aromatic rings. The largest absolute Gasteiger partial charge is 0.432 e. The summed E-state index contributed by atoms with van der Waals surface area (Å²) in [6, 6.07) is 12.9. The van der Waals surface area contributed by atoms with Crippen LogP contribution in [-0.2, 0) is 10.0 Å². The molecule has 0 saturated heterocycles. The second kappa shape index (κ2) is 7.11. The lowest BCUT2D eigenvalue weighted by Crippen LogP contribution is -2.21. The first kappa shape index (κ1) is 20.1. The number of sulfonamides is 1. The first-order valence-electron chi connectivity index (χ1n) is 9.39. The van der Waals surface area contributed by atoms with Crippen molar-refractivity contribution >= 4 is 55.7 Å². The minimum absolute atomic E-state index is 0.00220. The Morgan fingerprint density at radius 3 is 2.47 bits per heavy atom. The molecule has 0 fully saturated rings. The summed E-state index contributed by atoms with van der Waals surface area (Å²) in [5.74, 6) is 0.0760. The molecule has 32 heavy (non-hydrogen) atoms. The minimum atomic E-state index is -4.09. The summed E-state index contributed by atoms with van der Waals surface area (Å²) in [5, 5.41) is 0.761. The van der Waals surface area contributed by atoms with Gasteiger partial charge < -0.3 is 15.1 Å². The van der Waals surface area contributed by atoms with Gasteiger partial charge in [0.2, 0.25) is 10.2 Å². The Morgan fingerprint density at radius 1 is 1.06 bits per heavy atom. The maximum atomic E-state index is 13.3. The molecule has 4 N–H and O–H groups in total. The number of aromatic amines is 1. The van der Waals surface area contributed by atoms with Gasteiger partial charge in [0.25, 0.3) is 15.7 Å². The summed E-state index contributed by atoms with van der Waals surface area (Å²) in [4.78, 5) is 24.6. The van der Waals surface area contributed by atoms with Gasteiger partial charge in [-0.2, -0.15) is 4.98 Å². The number of anilines is 2. The molecule has 0 radical (unpaired) electrons. The lowest BCUT2D eigenvalue weighted by atomic mass is 10.0. The highest BCUT2D eigenvalue weighted by Crippen LogP contribution is 2.36. The van der Waals surface area contributed by atoms with Crippen molar-refractivity contribution < 1.29 is 12.8 Å². The summed E-state index contributed by atoms with van der Waals surface area (Å²) in [6.07, 6.45) is 0. The molecule has 0 unspecified atom stereocenters. The lowest BCUT2D eigenvalue weighted by Gasteiger charge is -2.15. The summed E-state index contributed by atoms with van der Waals surface area (Å²) in [5.41, 5.74) is 6.51. The molecule has 9 nitrogen and oxygen atoms in total. The van der Waals surface area contributed by atoms with Crippen LogP contribution < -0.4 is 15.9 Å². The van der Waals surface area contributed by atoms with E-state index in [0.717, 1.165) is 5.56 Å². The Labute approximate surface area is 186 Å². The fourth-order valence-corrected chi connectivity index (χ4v) is 4.69. The topological polar surface area (TPSA) is 144 Å². The Hall–Kier alpha value is -3.83. The number of nitrogens with one attached hydrogen (secondary N) is 2. The van der Waals surface area contributed by atoms with E-state index in [2.05, 4.69) is 19.7 Å². The Bertz CT molecular complexity index is 1720. The van der Waals surface area contributed by atoms with Crippen molar-refractivity contribution in [1.82, 2.24) is 15.0 Å². The van der Waals surface area contributed by atoms with Crippen LogP contribution in [0.3, 0.4) is 0 Å². The molecule has 1 aliphatic carbocycles. The van der Waals surface area contributed by atoms with E-state index in [1.54, 1.807) is 36.4 Å². The summed E-state index contributed by atoms with van der Waals surface area (Å²) >= 11 is 5.04. The number of aryl methyl sites for hydroxylation is 1. The number of nitrogens with two attached hydrogens (primary N) is 1. The number of hydrogen-bond acceptors (Lipinski definition) is 8. The van der Waals surface area contributed by atoms with Crippen molar-refractivity contribution in [3.8, 4) is 11.5 Å². The normalized spacial score (nSPS) is 11.9. The zero-order chi connectivity index (χ0) is 22.6. The van der Waals surface area contributed by atoms with E-state index >= 15 is 0 Å². The maximum Gasteiger partial charge on any atom is 0.262 e. The van der Waals surface area contributed by atoms with Crippen molar-refractivity contribution in [1.29, 1.82) is 0 Å². The molecule has 1 aromatic heterocycles. The average Bonchev–Trinajstić information content (AvgIpc) is 2.76. The predicted octanol–water partition coefficient (Wildman–Crippen LogP) is 3.59. The van der Waals surface area contributed by atoms with E-state index in [1.807, 2.05) is 6.92 Å². The summed E-state index contributed by atoms with van der Waals surface area (Å²) < 4.78 is 34.4. The molecule has 1 aliphatic heterocycles. The number of benzene rings is 3. The van der Waals surface area contributed by atoms with Crippen LogP contribution in [0.25, 0.3) is 33.5 Å². The van der Waals surface area contributed by atoms with Gasteiger partial charge in [0, 0.05) is 10.8 Å². The zero-order valence-corrected chi connectivity index (χ0v) is 18.2. The van der Waals surface area contributed by atoms with E-state index in [9.17, 15) is 13.2 Å². The molecule has 160 valence electrons. The quantitative estimate of drug-likeness (QED) is 0.208. The maximum absolute atomic E-state index is 13.3. The van der Waals surface area contributed by atoms with Gasteiger partial charge in [0.05, 0.1) is 4.90 Å². The van der Waals surface area contributed by atoms with Gasteiger partial charge in [0.15, 0.2) is 11.3 Å². The second-order valence-electron chi connectivity index (χ2n) is 7.17. The molecule has 0 amide bonds. The third kappa shape index (κ3) is 3.18. The number of rotatable bonds is 3. The van der Waals surface area contributed by atoms with Crippen LogP contribution in [0.2, 0.25) is 0 Å². The number of nitrogen functional groups attached to an aromatic ring is 1. The summed E-state index contributed by atoms with van der Waals surface area (Å²) in [6.45, 7) is 1.84. The number of nitrogens with zero attached hydrogens (tertiary/aromatic N) is 2. The second-order valence-corrected chi connectivity index (χ2v) is 9.24. The van der Waals surface area contributed by atoms with Crippen LogP contribution >= 0.6 is 12.2 Å². The van der Waals surface area contributed by atoms with Gasteiger partial charge in [-0.15, -0.1) is 0 Å². The molecule has 2 aliphatic rings. The third-order valence-electron chi connectivity index (χ3n) is 4.99. The lowest BCUT2D eigenvalue weighted by molar-refractivity contribution is 0.594. The molecular formula is C21H15N5O4S2. The van der Waals surface area contributed by atoms with E-state index < -0.39 is 15.5 Å². The molecule has 0 bridgehead atoms. The summed E-state index contributed by atoms with van der Waals surface area (Å²) in [7, 11) is -4.09. The predicted molar refractivity (Wildman–Crippen MR) is 124 cm³/mol. The highest BCUT2D eigenvalue weighted by Gasteiger charge is 2.27. The number of fused-ring (bicyclic) bond motifs is 4. The molecule has 5 rings (SSSR count). The highest BCUT2D eigenvalue weighted by molar-refractivity contribution is 7.92. The van der Waals surface area contributed by atoms with Crippen LogP contribution in [-0.4, -0.2) is 23.4 Å². The van der Waals surface area contributed by atoms with Crippen molar-refractivity contribution in [2.24, 2.45) is 0 Å². The minimum Gasteiger partial charge on any atom is -0.432 e. The van der Waals surface area contributed by atoms with Crippen molar-refractivity contribution in [3.05, 3.63) is 69.1 Å². The first-order valence-corrected chi connectivity index (χ1v) is 11.3. The van der Waals surface area contributed by atoms with Gasteiger partial charge in [0.1, 0.15) is 17.2 Å². The van der Waals surface area contributed by atoms with Gasteiger partial charge in [-0.25, -0.2) is 13.4 Å². The molecular weight excluding hydrogens is 450 g/mol. The number of hydrogen-bond donors (Lipinski definition) is 3. The van der Waals surface area contributed by atoms with Crippen LogP contribution in [0, 0.1) is 11.7 Å². The molecule has 2 heterocycles. The molecule has 0 saturated carbocycles. The molecule has 2 aromatic carbocycles. The molecule has 11 heteroatoms. The van der Waals surface area contributed by atoms with Crippen LogP contribution in [0.15, 0.2) is 62.6 Å². The Morgan fingerprint density at radius 2 is 1.75 bits per heavy atom. The highest BCUT2D eigenvalue weighted by atomic mass is 32.2. The van der Waals surface area contributed by atoms with E-state index in [4.69, 9.17) is 22.4 Å². The SMILES string of the molecule is Cc1ccc(S(=O)(=O)Nc2c3oc4nc(=S)[nH]c(N)c4nc-3c3ccccc3c2=O)cc1. The fourth-order valence-electron chi connectivity index (χ4n) is 3.43. The third-order valence-corrected chi connectivity index (χ3v) is 6.55. The van der Waals surface area contributed by atoms with Crippen molar-refractivity contribution in [2.75, 3.05) is 10.5 Å². The van der Waals surface area contributed by atoms with Crippen LogP contribution in [0.4, 0.5) is 11.5 Å². The van der Waals surface area contributed by atoms with E-state index in [1.165, 1.54) is 12.1 Å². The standard InChI is InChI=1S/C21H15N5O4S2/c1-10-6-8-11(9-7-10)32(28,29)26-15-17(27)13-5-3-2-4-12(13)14-18(15)30-20-16(23-14)19(22)24-21(31)25-20/h2-9,26H,1H3,(H3,22,24,25,31). The van der Waals surface area contributed by atoms with Gasteiger partial charge in [-0.05, 0) is 31.3 Å². The fraction of sp³-hybridized carbons (Fsp3) is 0.0476. The van der Waals surface area contributed by atoms with Crippen LogP contribution in [0.1, 0.15) is 5.56 Å². The molecule has 0 atom stereocenters. The average molecular weight is 466 g/mol. The number of H-pyrrole nitrogens is 1.